The van der Waals surface area contributed by atoms with Crippen LogP contribution in [0.5, 0.6) is 5.75 Å². The van der Waals surface area contributed by atoms with E-state index in [1.807, 2.05) is 60.7 Å². The number of nitrogens with zero attached hydrogens (tertiary/aromatic N) is 2. The smallest absolute Gasteiger partial charge is 0.308 e. The molecule has 1 N–H and O–H groups in total. The highest BCUT2D eigenvalue weighted by Crippen LogP contribution is 2.55. The fourth-order valence-electron chi connectivity index (χ4n) is 5.97. The van der Waals surface area contributed by atoms with Gasteiger partial charge in [0.1, 0.15) is 17.5 Å². The summed E-state index contributed by atoms with van der Waals surface area (Å²) in [6.45, 7) is -0.246. The van der Waals surface area contributed by atoms with Crippen LogP contribution >= 0.6 is 34.7 Å². The molecule has 1 saturated heterocycles. The summed E-state index contributed by atoms with van der Waals surface area (Å²) < 4.78 is 7.08. The molecule has 0 aliphatic carbocycles. The number of rotatable bonds is 6. The average Bonchev–Trinajstić information content (AvgIpc) is 3.47. The fraction of sp³-hybridized carbons (Fsp3) is 0.152. The first-order valence-corrected chi connectivity index (χ1v) is 15.9. The molecule has 2 aliphatic heterocycles. The summed E-state index contributed by atoms with van der Waals surface area (Å²) in [5, 5.41) is 5.10. The Kier molecular flexibility index (Phi) is 7.28. The number of thiazole rings is 1. The van der Waals surface area contributed by atoms with Crippen molar-refractivity contribution in [1.29, 1.82) is 0 Å². The lowest BCUT2D eigenvalue weighted by Gasteiger charge is -2.31. The van der Waals surface area contributed by atoms with Gasteiger partial charge in [-0.1, -0.05) is 83.2 Å². The molecular formula is C33H24ClN3O5S2. The Hall–Kier alpha value is -4.38. The van der Waals surface area contributed by atoms with E-state index in [-0.39, 0.29) is 29.1 Å². The molecule has 1 fully saturated rings. The van der Waals surface area contributed by atoms with Crippen molar-refractivity contribution >= 4 is 74.6 Å². The van der Waals surface area contributed by atoms with E-state index in [1.165, 1.54) is 9.47 Å². The van der Waals surface area contributed by atoms with Crippen molar-refractivity contribution in [2.45, 2.75) is 22.7 Å². The molecule has 5 aromatic rings. The molecule has 3 unspecified atom stereocenters. The van der Waals surface area contributed by atoms with Crippen molar-refractivity contribution in [3.05, 3.63) is 116 Å². The number of imide groups is 1. The molecule has 0 spiro atoms. The standard InChI is InChI=1S/C33H24ClN3O5S2/c1-42-24-9-5-4-8-23(24)26-27-28(31(40)37(30(27)39)22-14-11-20(34)12-15-22)43-32-29(26)44-33(41)36(32)17-25(38)35-21-13-10-18-6-2-3-7-19(18)16-21/h2-16,26-28H,17H2,1H3,(H,35,38). The van der Waals surface area contributed by atoms with Crippen LogP contribution in [-0.2, 0) is 20.9 Å². The maximum absolute atomic E-state index is 14.1. The van der Waals surface area contributed by atoms with Gasteiger partial charge in [0, 0.05) is 27.1 Å². The maximum Gasteiger partial charge on any atom is 0.308 e. The predicted molar refractivity (Wildman–Crippen MR) is 173 cm³/mol. The van der Waals surface area contributed by atoms with E-state index in [4.69, 9.17) is 16.3 Å². The Bertz CT molecular complexity index is 2020. The third kappa shape index (κ3) is 4.79. The van der Waals surface area contributed by atoms with Crippen molar-refractivity contribution < 1.29 is 19.1 Å². The van der Waals surface area contributed by atoms with Crippen LogP contribution in [0.25, 0.3) is 10.8 Å². The molecule has 11 heteroatoms. The Morgan fingerprint density at radius 3 is 2.41 bits per heavy atom. The van der Waals surface area contributed by atoms with E-state index in [0.717, 1.165) is 33.9 Å². The predicted octanol–water partition coefficient (Wildman–Crippen LogP) is 6.16. The highest BCUT2D eigenvalue weighted by molar-refractivity contribution is 8.00. The van der Waals surface area contributed by atoms with E-state index in [1.54, 1.807) is 37.4 Å². The van der Waals surface area contributed by atoms with Crippen molar-refractivity contribution in [3.8, 4) is 5.75 Å². The molecule has 1 aromatic heterocycles. The number of aromatic nitrogens is 1. The van der Waals surface area contributed by atoms with Gasteiger partial charge in [0.25, 0.3) is 0 Å². The summed E-state index contributed by atoms with van der Waals surface area (Å²) in [5.41, 5.74) is 1.73. The molecule has 7 rings (SSSR count). The molecule has 44 heavy (non-hydrogen) atoms. The Morgan fingerprint density at radius 1 is 0.909 bits per heavy atom. The van der Waals surface area contributed by atoms with E-state index >= 15 is 0 Å². The number of carbonyl (C=O) groups excluding carboxylic acids is 3. The number of anilines is 2. The molecule has 4 aromatic carbocycles. The lowest BCUT2D eigenvalue weighted by molar-refractivity contribution is -0.122. The topological polar surface area (TPSA) is 97.7 Å². The Balaban J connectivity index is 1.28. The van der Waals surface area contributed by atoms with Crippen LogP contribution in [-0.4, -0.2) is 34.6 Å². The minimum absolute atomic E-state index is 0.246. The molecular weight excluding hydrogens is 618 g/mol. The number of amides is 3. The van der Waals surface area contributed by atoms with Gasteiger partial charge < -0.3 is 10.1 Å². The molecule has 2 aliphatic rings. The monoisotopic (exact) mass is 641 g/mol. The van der Waals surface area contributed by atoms with Gasteiger partial charge in [-0.05, 0) is 53.2 Å². The van der Waals surface area contributed by atoms with Gasteiger partial charge in [0.05, 0.1) is 23.7 Å². The molecule has 8 nitrogen and oxygen atoms in total. The Labute approximate surface area is 265 Å². The first-order valence-electron chi connectivity index (χ1n) is 13.8. The molecule has 3 heterocycles. The SMILES string of the molecule is COc1ccccc1C1c2sc(=O)n(CC(=O)Nc3ccc4ccccc4c3)c2SC2C(=O)N(c3ccc(Cl)cc3)C(=O)C21. The highest BCUT2D eigenvalue weighted by atomic mass is 35.5. The van der Waals surface area contributed by atoms with Crippen LogP contribution in [0.3, 0.4) is 0 Å². The van der Waals surface area contributed by atoms with Gasteiger partial charge in [-0.3, -0.25) is 23.7 Å². The summed E-state index contributed by atoms with van der Waals surface area (Å²) in [6, 6.07) is 27.3. The molecule has 0 radical (unpaired) electrons. The lowest BCUT2D eigenvalue weighted by atomic mass is 9.82. The number of thioether (sulfide) groups is 1. The number of benzene rings is 4. The molecule has 3 amide bonds. The largest absolute Gasteiger partial charge is 0.496 e. The second-order valence-electron chi connectivity index (χ2n) is 10.5. The van der Waals surface area contributed by atoms with Gasteiger partial charge >= 0.3 is 4.87 Å². The fourth-order valence-corrected chi connectivity index (χ4v) is 8.86. The summed E-state index contributed by atoms with van der Waals surface area (Å²) in [4.78, 5) is 56.2. The van der Waals surface area contributed by atoms with Crippen LogP contribution in [0, 0.1) is 5.92 Å². The minimum Gasteiger partial charge on any atom is -0.496 e. The molecule has 220 valence electrons. The van der Waals surface area contributed by atoms with Crippen LogP contribution in [0.2, 0.25) is 5.02 Å². The summed E-state index contributed by atoms with van der Waals surface area (Å²) in [6.07, 6.45) is 0. The average molecular weight is 642 g/mol. The Morgan fingerprint density at radius 2 is 1.64 bits per heavy atom. The number of para-hydroxylation sites is 1. The zero-order valence-corrected chi connectivity index (χ0v) is 25.6. The van der Waals surface area contributed by atoms with Crippen LogP contribution < -0.4 is 19.8 Å². The number of methoxy groups -OCH3 is 1. The third-order valence-corrected chi connectivity index (χ3v) is 10.8. The van der Waals surface area contributed by atoms with E-state index in [9.17, 15) is 19.2 Å². The lowest BCUT2D eigenvalue weighted by Crippen LogP contribution is -2.33. The third-order valence-electron chi connectivity index (χ3n) is 7.94. The summed E-state index contributed by atoms with van der Waals surface area (Å²) >= 11 is 8.23. The van der Waals surface area contributed by atoms with E-state index < -0.39 is 17.1 Å². The number of hydrogen-bond acceptors (Lipinski definition) is 7. The van der Waals surface area contributed by atoms with Gasteiger partial charge in [-0.25, -0.2) is 4.90 Å². The van der Waals surface area contributed by atoms with Crippen molar-refractivity contribution in [2.75, 3.05) is 17.3 Å². The van der Waals surface area contributed by atoms with Crippen LogP contribution in [0.15, 0.2) is 101 Å². The first-order chi connectivity index (χ1) is 21.3. The quantitative estimate of drug-likeness (QED) is 0.223. The summed E-state index contributed by atoms with van der Waals surface area (Å²) in [7, 11) is 1.54. The number of nitrogens with one attached hydrogen (secondary N) is 1. The first kappa shape index (κ1) is 28.4. The number of halogens is 1. The van der Waals surface area contributed by atoms with Gasteiger partial charge in [0.2, 0.25) is 17.7 Å². The van der Waals surface area contributed by atoms with E-state index in [2.05, 4.69) is 5.32 Å². The van der Waals surface area contributed by atoms with Crippen molar-refractivity contribution in [1.82, 2.24) is 4.57 Å². The van der Waals surface area contributed by atoms with Crippen molar-refractivity contribution in [2.24, 2.45) is 5.92 Å². The highest BCUT2D eigenvalue weighted by Gasteiger charge is 2.57. The zero-order valence-electron chi connectivity index (χ0n) is 23.2. The molecule has 3 atom stereocenters. The van der Waals surface area contributed by atoms with Crippen molar-refractivity contribution in [3.63, 3.8) is 0 Å². The second kappa shape index (κ2) is 11.3. The molecule has 0 saturated carbocycles. The molecule has 0 bridgehead atoms. The summed E-state index contributed by atoms with van der Waals surface area (Å²) in [5.74, 6) is -2.01. The number of ether oxygens (including phenoxy) is 1. The second-order valence-corrected chi connectivity index (χ2v) is 13.1. The van der Waals surface area contributed by atoms with Gasteiger partial charge in [0.15, 0.2) is 0 Å². The van der Waals surface area contributed by atoms with E-state index in [0.29, 0.717) is 37.6 Å². The number of hydrogen-bond donors (Lipinski definition) is 1. The van der Waals surface area contributed by atoms with Gasteiger partial charge in [-0.2, -0.15) is 0 Å². The van der Waals surface area contributed by atoms with Gasteiger partial charge in [-0.15, -0.1) is 0 Å². The normalized spacial score (nSPS) is 19.1. The zero-order chi connectivity index (χ0) is 30.5. The minimum atomic E-state index is -0.815. The van der Waals surface area contributed by atoms with Crippen LogP contribution in [0.1, 0.15) is 16.4 Å². The number of fused-ring (bicyclic) bond motifs is 3. The maximum atomic E-state index is 14.1. The van der Waals surface area contributed by atoms with Crippen LogP contribution in [0.4, 0.5) is 11.4 Å². The number of carbonyl (C=O) groups is 3.